The zero-order valence-electron chi connectivity index (χ0n) is 8.61. The molecule has 0 aromatic rings. The summed E-state index contributed by atoms with van der Waals surface area (Å²) in [4.78, 5) is 0. The predicted molar refractivity (Wildman–Crippen MR) is 54.8 cm³/mol. The lowest BCUT2D eigenvalue weighted by Crippen LogP contribution is -2.22. The molecule has 3 unspecified atom stereocenters. The zero-order chi connectivity index (χ0) is 9.80. The monoisotopic (exact) mass is 218 g/mol. The van der Waals surface area contributed by atoms with E-state index >= 15 is 0 Å². The summed E-state index contributed by atoms with van der Waals surface area (Å²) in [6, 6.07) is 1.12. The van der Waals surface area contributed by atoms with Gasteiger partial charge in [0.25, 0.3) is 0 Å². The molecule has 0 aliphatic carbocycles. The van der Waals surface area contributed by atoms with Crippen LogP contribution in [0.15, 0.2) is 0 Å². The maximum atomic E-state index is 5.66. The minimum absolute atomic E-state index is 0.268. The van der Waals surface area contributed by atoms with E-state index in [2.05, 4.69) is 0 Å². The second-order valence-electron chi connectivity index (χ2n) is 3.81. The van der Waals surface area contributed by atoms with E-state index in [4.69, 9.17) is 18.9 Å². The second kappa shape index (κ2) is 5.23. The van der Waals surface area contributed by atoms with E-state index in [0.29, 0.717) is 18.8 Å². The Morgan fingerprint density at radius 3 is 2.43 bits per heavy atom. The first-order valence-electron chi connectivity index (χ1n) is 5.31. The SMILES string of the molecule is [SiH3]CC(COCC1CO1)OCC1CO1. The maximum Gasteiger partial charge on any atom is 0.104 e. The molecule has 0 aromatic heterocycles. The molecule has 0 bridgehead atoms. The number of hydrogen-bond donors (Lipinski definition) is 0. The van der Waals surface area contributed by atoms with E-state index in [0.717, 1.165) is 42.7 Å². The van der Waals surface area contributed by atoms with Crippen LogP contribution in [0.1, 0.15) is 0 Å². The summed E-state index contributed by atoms with van der Waals surface area (Å²) in [5.41, 5.74) is 0. The molecule has 2 aliphatic heterocycles. The molecule has 14 heavy (non-hydrogen) atoms. The van der Waals surface area contributed by atoms with Gasteiger partial charge in [-0.25, -0.2) is 0 Å². The van der Waals surface area contributed by atoms with E-state index in [1.54, 1.807) is 0 Å². The third kappa shape index (κ3) is 4.06. The molecule has 2 fully saturated rings. The molecule has 0 radical (unpaired) electrons. The number of epoxide rings is 2. The molecule has 2 rings (SSSR count). The maximum absolute atomic E-state index is 5.66. The molecular formula is C9H18O4Si. The van der Waals surface area contributed by atoms with E-state index in [1.807, 2.05) is 0 Å². The van der Waals surface area contributed by atoms with Crippen molar-refractivity contribution in [3.8, 4) is 0 Å². The molecule has 0 amide bonds. The average molecular weight is 218 g/mol. The minimum atomic E-state index is 0.268. The van der Waals surface area contributed by atoms with E-state index in [9.17, 15) is 0 Å². The Morgan fingerprint density at radius 2 is 1.86 bits per heavy atom. The van der Waals surface area contributed by atoms with Crippen LogP contribution in [0.4, 0.5) is 0 Å². The van der Waals surface area contributed by atoms with Gasteiger partial charge in [-0.2, -0.15) is 0 Å². The Hall–Kier alpha value is 0.0569. The molecule has 5 heteroatoms. The Labute approximate surface area is 87.3 Å². The third-order valence-electron chi connectivity index (χ3n) is 2.39. The van der Waals surface area contributed by atoms with Gasteiger partial charge in [-0.15, -0.1) is 0 Å². The molecular weight excluding hydrogens is 200 g/mol. The average Bonchev–Trinajstić information content (AvgIpc) is 3.01. The molecule has 3 atom stereocenters. The molecule has 0 saturated carbocycles. The first-order valence-corrected chi connectivity index (χ1v) is 6.72. The third-order valence-corrected chi connectivity index (χ3v) is 3.30. The smallest absolute Gasteiger partial charge is 0.104 e. The van der Waals surface area contributed by atoms with Gasteiger partial charge in [-0.05, 0) is 6.04 Å². The standard InChI is InChI=1S/C9H18O4Si/c14-6-9(13-5-8-4-12-8)2-10-1-7-3-11-7/h7-9H,1-6H2,14H3. The largest absolute Gasteiger partial charge is 0.376 e. The Morgan fingerprint density at radius 1 is 1.21 bits per heavy atom. The first kappa shape index (κ1) is 10.6. The van der Waals surface area contributed by atoms with Crippen molar-refractivity contribution in [1.29, 1.82) is 0 Å². The lowest BCUT2D eigenvalue weighted by Gasteiger charge is -2.15. The quantitative estimate of drug-likeness (QED) is 0.386. The summed E-state index contributed by atoms with van der Waals surface area (Å²) >= 11 is 0. The molecule has 0 spiro atoms. The summed E-state index contributed by atoms with van der Waals surface area (Å²) in [6.45, 7) is 3.89. The highest BCUT2D eigenvalue weighted by Gasteiger charge is 2.25. The van der Waals surface area contributed by atoms with Crippen LogP contribution in [0.25, 0.3) is 0 Å². The van der Waals surface area contributed by atoms with Crippen molar-refractivity contribution in [2.24, 2.45) is 0 Å². The molecule has 2 heterocycles. The minimum Gasteiger partial charge on any atom is -0.376 e. The normalized spacial score (nSPS) is 31.7. The van der Waals surface area contributed by atoms with Gasteiger partial charge in [0.1, 0.15) is 12.2 Å². The van der Waals surface area contributed by atoms with Crippen LogP contribution >= 0.6 is 0 Å². The highest BCUT2D eigenvalue weighted by Crippen LogP contribution is 2.12. The topological polar surface area (TPSA) is 43.5 Å². The van der Waals surface area contributed by atoms with Gasteiger partial charge < -0.3 is 18.9 Å². The van der Waals surface area contributed by atoms with Crippen LogP contribution in [0.5, 0.6) is 0 Å². The first-order chi connectivity index (χ1) is 6.88. The van der Waals surface area contributed by atoms with Crippen molar-refractivity contribution in [2.75, 3.05) is 33.0 Å². The van der Waals surface area contributed by atoms with Crippen molar-refractivity contribution in [3.05, 3.63) is 0 Å². The van der Waals surface area contributed by atoms with Crippen LogP contribution in [0.2, 0.25) is 6.04 Å². The van der Waals surface area contributed by atoms with Crippen molar-refractivity contribution in [2.45, 2.75) is 24.4 Å². The van der Waals surface area contributed by atoms with Crippen LogP contribution in [0.3, 0.4) is 0 Å². The van der Waals surface area contributed by atoms with Gasteiger partial charge in [0.05, 0.1) is 39.1 Å². The Bertz CT molecular complexity index is 170. The number of ether oxygens (including phenoxy) is 4. The van der Waals surface area contributed by atoms with Crippen LogP contribution in [-0.2, 0) is 18.9 Å². The summed E-state index contributed by atoms with van der Waals surface area (Å²) in [7, 11) is 1.15. The van der Waals surface area contributed by atoms with E-state index in [-0.39, 0.29) is 6.10 Å². The van der Waals surface area contributed by atoms with E-state index < -0.39 is 0 Å². The highest BCUT2D eigenvalue weighted by molar-refractivity contribution is 6.08. The lowest BCUT2D eigenvalue weighted by molar-refractivity contribution is -0.0142. The van der Waals surface area contributed by atoms with Gasteiger partial charge in [-0.1, -0.05) is 0 Å². The van der Waals surface area contributed by atoms with Crippen LogP contribution in [0, 0.1) is 0 Å². The summed E-state index contributed by atoms with van der Waals surface area (Å²) < 4.78 is 21.3. The van der Waals surface area contributed by atoms with Gasteiger partial charge in [0.15, 0.2) is 0 Å². The fourth-order valence-corrected chi connectivity index (χ4v) is 1.66. The van der Waals surface area contributed by atoms with Gasteiger partial charge in [-0.3, -0.25) is 0 Å². The fraction of sp³-hybridized carbons (Fsp3) is 1.00. The predicted octanol–water partition coefficient (Wildman–Crippen LogP) is -1.03. The summed E-state index contributed by atoms with van der Waals surface area (Å²) in [5, 5.41) is 0. The van der Waals surface area contributed by atoms with Crippen molar-refractivity contribution in [3.63, 3.8) is 0 Å². The number of rotatable bonds is 8. The van der Waals surface area contributed by atoms with Gasteiger partial charge in [0, 0.05) is 10.2 Å². The Kier molecular flexibility index (Phi) is 3.95. The van der Waals surface area contributed by atoms with Crippen LogP contribution < -0.4 is 0 Å². The molecule has 2 saturated heterocycles. The molecule has 4 nitrogen and oxygen atoms in total. The van der Waals surface area contributed by atoms with E-state index in [1.165, 1.54) is 0 Å². The summed E-state index contributed by atoms with van der Waals surface area (Å²) in [6.07, 6.45) is 0.985. The van der Waals surface area contributed by atoms with Crippen molar-refractivity contribution < 1.29 is 18.9 Å². The fourth-order valence-electron chi connectivity index (χ4n) is 1.19. The zero-order valence-corrected chi connectivity index (χ0v) is 10.6. The van der Waals surface area contributed by atoms with Crippen molar-refractivity contribution in [1.82, 2.24) is 0 Å². The molecule has 82 valence electrons. The number of hydrogen-bond acceptors (Lipinski definition) is 4. The molecule has 0 N–H and O–H groups in total. The van der Waals surface area contributed by atoms with Crippen molar-refractivity contribution >= 4 is 10.2 Å². The Balaban J connectivity index is 1.49. The van der Waals surface area contributed by atoms with Gasteiger partial charge >= 0.3 is 0 Å². The lowest BCUT2D eigenvalue weighted by atomic mass is 10.4. The molecule has 2 aliphatic rings. The second-order valence-corrected chi connectivity index (χ2v) is 4.63. The summed E-state index contributed by atoms with van der Waals surface area (Å²) in [5.74, 6) is 0. The molecule has 0 aromatic carbocycles. The van der Waals surface area contributed by atoms with Gasteiger partial charge in [0.2, 0.25) is 0 Å². The highest BCUT2D eigenvalue weighted by atomic mass is 28.1. The van der Waals surface area contributed by atoms with Crippen LogP contribution in [-0.4, -0.2) is 61.6 Å².